The number of carbonyl (C=O) groups excluding carboxylic acids is 5. The summed E-state index contributed by atoms with van der Waals surface area (Å²) in [6.45, 7) is 76.2. The summed E-state index contributed by atoms with van der Waals surface area (Å²) in [7, 11) is 0. The van der Waals surface area contributed by atoms with Gasteiger partial charge in [0.25, 0.3) is 0 Å². The molecule has 3 amide bonds. The quantitative estimate of drug-likeness (QED) is 0.0480. The third-order valence-electron chi connectivity index (χ3n) is 25.8. The fourth-order valence-electron chi connectivity index (χ4n) is 16.4. The number of halogens is 2. The lowest BCUT2D eigenvalue weighted by atomic mass is 9.58. The van der Waals surface area contributed by atoms with Crippen molar-refractivity contribution in [3.63, 3.8) is 0 Å². The third-order valence-corrected chi connectivity index (χ3v) is 25.8. The SMILES string of the molecule is C=C.CC(C)(C)OC(=O)N[C@@]1(C(=O)O)C(C)(C)C(C)(C)C(C)(C)[C@@]1(C)OCc1ccccc1.CC(C)(C)OC(=O)N[C@@]1(C(=O)OC(C)(C)C)C(C)(C)C(C)(C)C(C)(C)[C@@]1(C)OCc1ccccc1.CC(C)(C)OC(=O)N[C@@]1(C(=O)OC(C)(C)C)C(C)(C)C(C)(C)C(C)(C)[C@]1(C)OCc1ccccc1.ClCCl. The number of carboxylic acid groups (broad SMARTS) is 1. The van der Waals surface area contributed by atoms with Gasteiger partial charge in [0.2, 0.25) is 0 Å². The fraction of sp³-hybridized carbons (Fsp3) is 0.698. The summed E-state index contributed by atoms with van der Waals surface area (Å²) < 4.78 is 49.0. The molecule has 0 bridgehead atoms. The van der Waals surface area contributed by atoms with Gasteiger partial charge >= 0.3 is 36.2 Å². The number of aliphatic carboxylic acids is 1. The standard InChI is InChI=1S/2C29H47NO5.C25H39NO5.C2H4.CH2Cl2/c2*1-23(2,3)34-21(31)29(30-22(32)35-24(4,5)6)27(11,12)25(7,8)26(9,10)28(29,13)33-19-20-17-15-14-16-18-20;1-20(2,3)31-19(29)26-25(18(27)28)23(8,9)21(4,5)22(6,7)24(25,10)30-16-17-14-12-11-13-15-17;1-2;2-1-3/h2*14-18H,19H2,1-13H3,(H,30,32);11-15H,16H2,1-10H3,(H,26,29)(H,27,28);1-2H2;1H2/t28-,29+;28-,29-;24-,25+;;/m101../s1. The van der Waals surface area contributed by atoms with Crippen LogP contribution in [0, 0.1) is 48.7 Å². The molecule has 18 nitrogen and oxygen atoms in total. The molecule has 0 saturated heterocycles. The molecule has 3 saturated carbocycles. The predicted molar refractivity (Wildman–Crippen MR) is 426 cm³/mol. The Kier molecular flexibility index (Phi) is 29.5. The van der Waals surface area contributed by atoms with Crippen LogP contribution in [0.25, 0.3) is 0 Å². The monoisotopic (exact) mass is 1520 g/mol. The molecular formula is C86H139Cl2N3O15. The average molecular weight is 1530 g/mol. The second kappa shape index (κ2) is 32.6. The van der Waals surface area contributed by atoms with Crippen molar-refractivity contribution in [3.05, 3.63) is 121 Å². The van der Waals surface area contributed by atoms with Crippen LogP contribution in [0.1, 0.15) is 266 Å². The molecule has 6 rings (SSSR count). The van der Waals surface area contributed by atoms with Gasteiger partial charge in [-0.15, -0.1) is 36.4 Å². The minimum absolute atomic E-state index is 0.194. The van der Waals surface area contributed by atoms with Gasteiger partial charge in [0.15, 0.2) is 16.6 Å². The van der Waals surface area contributed by atoms with E-state index in [1.165, 1.54) is 0 Å². The summed E-state index contributed by atoms with van der Waals surface area (Å²) in [6.07, 6.45) is -2.13. The Morgan fingerprint density at radius 1 is 0.321 bits per heavy atom. The first kappa shape index (κ1) is 96.2. The zero-order chi connectivity index (χ0) is 83.4. The number of alkyl halides is 2. The van der Waals surface area contributed by atoms with Gasteiger partial charge in [-0.25, -0.2) is 28.8 Å². The number of carbonyl (C=O) groups is 6. The van der Waals surface area contributed by atoms with Gasteiger partial charge in [-0.3, -0.25) is 0 Å². The number of carboxylic acids is 1. The molecule has 3 aromatic rings. The van der Waals surface area contributed by atoms with Crippen LogP contribution in [-0.2, 0) is 72.1 Å². The van der Waals surface area contributed by atoms with E-state index in [9.17, 15) is 33.9 Å². The summed E-state index contributed by atoms with van der Waals surface area (Å²) >= 11 is 9.53. The van der Waals surface area contributed by atoms with Crippen molar-refractivity contribution in [1.29, 1.82) is 0 Å². The first-order valence-electron chi connectivity index (χ1n) is 36.8. The predicted octanol–water partition coefficient (Wildman–Crippen LogP) is 20.9. The lowest BCUT2D eigenvalue weighted by molar-refractivity contribution is -0.198. The number of amides is 3. The molecule has 3 aliphatic carbocycles. The summed E-state index contributed by atoms with van der Waals surface area (Å²) in [6, 6.07) is 29.3. The highest BCUT2D eigenvalue weighted by Gasteiger charge is 2.85. The van der Waals surface area contributed by atoms with Crippen LogP contribution in [0.2, 0.25) is 0 Å². The number of ether oxygens (including phenoxy) is 8. The molecule has 3 aliphatic rings. The van der Waals surface area contributed by atoms with Gasteiger partial charge in [0.1, 0.15) is 44.8 Å². The summed E-state index contributed by atoms with van der Waals surface area (Å²) in [5.74, 6) is -2.21. The van der Waals surface area contributed by atoms with Crippen LogP contribution < -0.4 is 16.0 Å². The van der Waals surface area contributed by atoms with Crippen molar-refractivity contribution in [3.8, 4) is 0 Å². The van der Waals surface area contributed by atoms with Crippen LogP contribution in [0.4, 0.5) is 14.4 Å². The van der Waals surface area contributed by atoms with Crippen molar-refractivity contribution >= 4 is 59.4 Å². The Morgan fingerprint density at radius 2 is 0.500 bits per heavy atom. The Labute approximate surface area is 649 Å². The number of hydrogen-bond donors (Lipinski definition) is 4. The highest BCUT2D eigenvalue weighted by molar-refractivity contribution is 6.40. The molecule has 3 aromatic carbocycles. The Bertz CT molecular complexity index is 3320. The first-order chi connectivity index (χ1) is 47.4. The van der Waals surface area contributed by atoms with Crippen LogP contribution >= 0.6 is 23.2 Å². The van der Waals surface area contributed by atoms with E-state index in [1.807, 2.05) is 216 Å². The van der Waals surface area contributed by atoms with E-state index in [2.05, 4.69) is 84.5 Å². The maximum absolute atomic E-state index is 14.3. The smallest absolute Gasteiger partial charge is 0.408 e. The topological polar surface area (TPSA) is 233 Å². The van der Waals surface area contributed by atoms with Gasteiger partial charge in [0.05, 0.1) is 25.2 Å². The summed E-state index contributed by atoms with van der Waals surface area (Å²) in [5.41, 5.74) is -15.1. The molecule has 4 N–H and O–H groups in total. The van der Waals surface area contributed by atoms with Gasteiger partial charge in [-0.05, 0) is 158 Å². The van der Waals surface area contributed by atoms with E-state index in [0.29, 0.717) is 0 Å². The maximum atomic E-state index is 14.3. The lowest BCUT2D eigenvalue weighted by Gasteiger charge is -2.51. The van der Waals surface area contributed by atoms with Crippen molar-refractivity contribution in [2.24, 2.45) is 48.7 Å². The largest absolute Gasteiger partial charge is 0.479 e. The van der Waals surface area contributed by atoms with E-state index < -0.39 is 146 Å². The maximum Gasteiger partial charge on any atom is 0.408 e. The second-order valence-corrected chi connectivity index (χ2v) is 39.4. The molecule has 106 heavy (non-hydrogen) atoms. The summed E-state index contributed by atoms with van der Waals surface area (Å²) in [5, 5.41) is 19.8. The first-order valence-corrected chi connectivity index (χ1v) is 37.9. The van der Waals surface area contributed by atoms with Gasteiger partial charge in [-0.2, -0.15) is 0 Å². The van der Waals surface area contributed by atoms with E-state index in [0.717, 1.165) is 16.7 Å². The molecule has 0 aromatic heterocycles. The van der Waals surface area contributed by atoms with E-state index >= 15 is 0 Å². The molecule has 3 fully saturated rings. The zero-order valence-electron chi connectivity index (χ0n) is 71.8. The molecule has 6 atom stereocenters. The number of alkyl carbamates (subject to hydrolysis) is 3. The van der Waals surface area contributed by atoms with Crippen molar-refractivity contribution in [2.75, 3.05) is 5.34 Å². The van der Waals surface area contributed by atoms with E-state index in [4.69, 9.17) is 61.1 Å². The number of esters is 2. The third kappa shape index (κ3) is 17.6. The van der Waals surface area contributed by atoms with Crippen molar-refractivity contribution in [1.82, 2.24) is 16.0 Å². The number of nitrogens with one attached hydrogen (secondary N) is 3. The molecule has 0 aliphatic heterocycles. The molecule has 602 valence electrons. The highest BCUT2D eigenvalue weighted by Crippen LogP contribution is 2.75. The Hall–Kier alpha value is -5.92. The number of rotatable bonds is 15. The number of hydrogen-bond acceptors (Lipinski definition) is 14. The molecule has 0 radical (unpaired) electrons. The normalized spacial score (nSPS) is 26.6. The van der Waals surface area contributed by atoms with Crippen molar-refractivity contribution in [2.45, 2.75) is 331 Å². The fourth-order valence-corrected chi connectivity index (χ4v) is 16.4. The van der Waals surface area contributed by atoms with Crippen LogP contribution in [0.3, 0.4) is 0 Å². The zero-order valence-corrected chi connectivity index (χ0v) is 73.3. The average Bonchev–Trinajstić information content (AvgIpc) is 1.51. The minimum Gasteiger partial charge on any atom is -0.479 e. The molecule has 20 heteroatoms. The Morgan fingerprint density at radius 3 is 0.689 bits per heavy atom. The van der Waals surface area contributed by atoms with Crippen molar-refractivity contribution < 1.29 is 71.8 Å². The molecule has 0 unspecified atom stereocenters. The van der Waals surface area contributed by atoms with Crippen LogP contribution in [-0.4, -0.2) is 108 Å². The minimum atomic E-state index is -1.75. The molecular weight excluding hydrogens is 1390 g/mol. The Balaban J connectivity index is 0.000000524. The van der Waals surface area contributed by atoms with Gasteiger partial charge in [0, 0.05) is 32.5 Å². The van der Waals surface area contributed by atoms with Crippen LogP contribution in [0.5, 0.6) is 0 Å². The van der Waals surface area contributed by atoms with Crippen LogP contribution in [0.15, 0.2) is 104 Å². The summed E-state index contributed by atoms with van der Waals surface area (Å²) in [4.78, 5) is 81.4. The highest BCUT2D eigenvalue weighted by atomic mass is 35.5. The van der Waals surface area contributed by atoms with Gasteiger partial charge < -0.3 is 59.0 Å². The van der Waals surface area contributed by atoms with E-state index in [1.54, 1.807) is 69.2 Å². The number of benzene rings is 3. The van der Waals surface area contributed by atoms with Gasteiger partial charge in [-0.1, -0.05) is 216 Å². The lowest BCUT2D eigenvalue weighted by Crippen LogP contribution is -2.74. The second-order valence-electron chi connectivity index (χ2n) is 38.6. The molecule has 0 spiro atoms. The molecule has 0 heterocycles. The van der Waals surface area contributed by atoms with E-state index in [-0.39, 0.29) is 25.2 Å².